The van der Waals surface area contributed by atoms with Crippen LogP contribution in [0, 0.1) is 6.92 Å². The van der Waals surface area contributed by atoms with E-state index in [1.165, 1.54) is 0 Å². The highest BCUT2D eigenvalue weighted by atomic mass is 16.1. The molecule has 0 spiro atoms. The van der Waals surface area contributed by atoms with E-state index in [0.717, 1.165) is 28.1 Å². The average Bonchev–Trinajstić information content (AvgIpc) is 2.82. The Hall–Kier alpha value is -2.69. The van der Waals surface area contributed by atoms with Crippen LogP contribution < -0.4 is 5.32 Å². The Balaban J connectivity index is 2.13. The van der Waals surface area contributed by atoms with Gasteiger partial charge in [-0.2, -0.15) is 5.10 Å². The minimum Gasteiger partial charge on any atom is -0.322 e. The number of benzene rings is 1. The summed E-state index contributed by atoms with van der Waals surface area (Å²) in [6.45, 7) is 6.03. The summed E-state index contributed by atoms with van der Waals surface area (Å²) >= 11 is 0. The molecule has 0 radical (unpaired) electrons. The van der Waals surface area contributed by atoms with E-state index in [9.17, 15) is 4.79 Å². The summed E-state index contributed by atoms with van der Waals surface area (Å²) in [6.07, 6.45) is 0. The summed E-state index contributed by atoms with van der Waals surface area (Å²) in [6, 6.07) is 11.3. The number of nitrogens with one attached hydrogen (secondary N) is 1. The number of pyridine rings is 1. The van der Waals surface area contributed by atoms with Crippen molar-refractivity contribution in [2.24, 2.45) is 7.05 Å². The molecule has 3 aromatic rings. The van der Waals surface area contributed by atoms with Gasteiger partial charge in [-0.1, -0.05) is 32.0 Å². The molecule has 0 atom stereocenters. The van der Waals surface area contributed by atoms with Gasteiger partial charge in [0.2, 0.25) is 0 Å². The standard InChI is InChI=1S/C18H20N4O/c1-11(2)15-10-14(16-12(3)21-22(4)17(16)20-15)18(23)19-13-8-6-5-7-9-13/h5-11H,1-4H3,(H,19,23). The molecule has 0 aliphatic heterocycles. The largest absolute Gasteiger partial charge is 0.322 e. The van der Waals surface area contributed by atoms with Gasteiger partial charge in [-0.15, -0.1) is 0 Å². The summed E-state index contributed by atoms with van der Waals surface area (Å²) in [5.74, 6) is 0.0967. The molecule has 23 heavy (non-hydrogen) atoms. The van der Waals surface area contributed by atoms with Gasteiger partial charge in [-0.05, 0) is 31.0 Å². The normalized spacial score (nSPS) is 11.2. The fourth-order valence-electron chi connectivity index (χ4n) is 2.66. The minimum absolute atomic E-state index is 0.137. The number of amides is 1. The number of carbonyl (C=O) groups is 1. The molecule has 3 rings (SSSR count). The number of rotatable bonds is 3. The Bertz CT molecular complexity index is 866. The van der Waals surface area contributed by atoms with E-state index < -0.39 is 0 Å². The molecule has 0 aliphatic rings. The van der Waals surface area contributed by atoms with Gasteiger partial charge in [0.1, 0.15) is 0 Å². The second-order valence-corrected chi connectivity index (χ2v) is 5.98. The maximum absolute atomic E-state index is 12.8. The van der Waals surface area contributed by atoms with Crippen molar-refractivity contribution in [2.75, 3.05) is 5.32 Å². The molecular formula is C18H20N4O. The third-order valence-corrected chi connectivity index (χ3v) is 3.86. The predicted octanol–water partition coefficient (Wildman–Crippen LogP) is 3.65. The summed E-state index contributed by atoms with van der Waals surface area (Å²) in [4.78, 5) is 17.5. The first-order valence-corrected chi connectivity index (χ1v) is 7.68. The van der Waals surface area contributed by atoms with E-state index in [-0.39, 0.29) is 11.8 Å². The number of hydrogen-bond donors (Lipinski definition) is 1. The van der Waals surface area contributed by atoms with Gasteiger partial charge in [-0.3, -0.25) is 9.48 Å². The van der Waals surface area contributed by atoms with Crippen molar-refractivity contribution in [3.05, 3.63) is 53.3 Å². The summed E-state index contributed by atoms with van der Waals surface area (Å²) in [7, 11) is 1.85. The monoisotopic (exact) mass is 308 g/mol. The van der Waals surface area contributed by atoms with E-state index in [0.29, 0.717) is 5.56 Å². The molecule has 0 fully saturated rings. The Morgan fingerprint density at radius 3 is 2.57 bits per heavy atom. The molecule has 0 saturated heterocycles. The smallest absolute Gasteiger partial charge is 0.256 e. The van der Waals surface area contributed by atoms with Crippen molar-refractivity contribution in [3.8, 4) is 0 Å². The van der Waals surface area contributed by atoms with E-state index in [1.54, 1.807) is 4.68 Å². The van der Waals surface area contributed by atoms with Gasteiger partial charge in [-0.25, -0.2) is 4.98 Å². The fraction of sp³-hybridized carbons (Fsp3) is 0.278. The van der Waals surface area contributed by atoms with Crippen molar-refractivity contribution in [3.63, 3.8) is 0 Å². The number of carbonyl (C=O) groups excluding carboxylic acids is 1. The maximum Gasteiger partial charge on any atom is 0.256 e. The van der Waals surface area contributed by atoms with Crippen LogP contribution in [0.1, 0.15) is 41.5 Å². The molecule has 2 aromatic heterocycles. The fourth-order valence-corrected chi connectivity index (χ4v) is 2.66. The zero-order valence-corrected chi connectivity index (χ0v) is 13.8. The van der Waals surface area contributed by atoms with Gasteiger partial charge in [0.25, 0.3) is 5.91 Å². The minimum atomic E-state index is -0.137. The van der Waals surface area contributed by atoms with Gasteiger partial charge in [0.05, 0.1) is 16.6 Å². The van der Waals surface area contributed by atoms with Crippen LogP contribution in [0.25, 0.3) is 11.0 Å². The molecule has 1 N–H and O–H groups in total. The second-order valence-electron chi connectivity index (χ2n) is 5.98. The number of para-hydroxylation sites is 1. The topological polar surface area (TPSA) is 59.8 Å². The molecule has 1 amide bonds. The maximum atomic E-state index is 12.8. The van der Waals surface area contributed by atoms with E-state index in [1.807, 2.05) is 50.4 Å². The highest BCUT2D eigenvalue weighted by Gasteiger charge is 2.19. The lowest BCUT2D eigenvalue weighted by atomic mass is 10.0. The lowest BCUT2D eigenvalue weighted by Crippen LogP contribution is -2.14. The molecule has 0 saturated carbocycles. The Morgan fingerprint density at radius 2 is 1.91 bits per heavy atom. The Labute approximate surface area is 135 Å². The van der Waals surface area contributed by atoms with Gasteiger partial charge in [0.15, 0.2) is 5.65 Å². The number of anilines is 1. The number of fused-ring (bicyclic) bond motifs is 1. The van der Waals surface area contributed by atoms with Crippen LogP contribution in [0.5, 0.6) is 0 Å². The molecule has 5 heteroatoms. The van der Waals surface area contributed by atoms with Crippen molar-refractivity contribution >= 4 is 22.6 Å². The highest BCUT2D eigenvalue weighted by Crippen LogP contribution is 2.25. The first kappa shape index (κ1) is 15.2. The van der Waals surface area contributed by atoms with Crippen LogP contribution >= 0.6 is 0 Å². The molecule has 0 aliphatic carbocycles. The van der Waals surface area contributed by atoms with Crippen LogP contribution in [0.4, 0.5) is 5.69 Å². The molecular weight excluding hydrogens is 288 g/mol. The lowest BCUT2D eigenvalue weighted by molar-refractivity contribution is 0.102. The van der Waals surface area contributed by atoms with E-state index >= 15 is 0 Å². The van der Waals surface area contributed by atoms with Crippen LogP contribution in [-0.2, 0) is 7.05 Å². The Kier molecular flexibility index (Phi) is 3.86. The number of aryl methyl sites for hydroxylation is 2. The summed E-state index contributed by atoms with van der Waals surface area (Å²) in [5, 5.41) is 8.17. The second kappa shape index (κ2) is 5.83. The quantitative estimate of drug-likeness (QED) is 0.803. The van der Waals surface area contributed by atoms with Crippen molar-refractivity contribution in [2.45, 2.75) is 26.7 Å². The van der Waals surface area contributed by atoms with Crippen LogP contribution in [0.3, 0.4) is 0 Å². The van der Waals surface area contributed by atoms with Crippen LogP contribution in [0.15, 0.2) is 36.4 Å². The SMILES string of the molecule is Cc1nn(C)c2nc(C(C)C)cc(C(=O)Nc3ccccc3)c12. The van der Waals surface area contributed by atoms with Crippen molar-refractivity contribution < 1.29 is 4.79 Å². The van der Waals surface area contributed by atoms with Crippen molar-refractivity contribution in [1.82, 2.24) is 14.8 Å². The molecule has 0 bridgehead atoms. The predicted molar refractivity (Wildman–Crippen MR) is 91.7 cm³/mol. The average molecular weight is 308 g/mol. The molecule has 2 heterocycles. The molecule has 118 valence electrons. The zero-order valence-electron chi connectivity index (χ0n) is 13.8. The third-order valence-electron chi connectivity index (χ3n) is 3.86. The zero-order chi connectivity index (χ0) is 16.6. The van der Waals surface area contributed by atoms with Crippen molar-refractivity contribution in [1.29, 1.82) is 0 Å². The number of nitrogens with zero attached hydrogens (tertiary/aromatic N) is 3. The van der Waals surface area contributed by atoms with E-state index in [2.05, 4.69) is 29.2 Å². The summed E-state index contributed by atoms with van der Waals surface area (Å²) < 4.78 is 1.73. The molecule has 1 aromatic carbocycles. The number of hydrogen-bond acceptors (Lipinski definition) is 3. The highest BCUT2D eigenvalue weighted by molar-refractivity contribution is 6.12. The first-order chi connectivity index (χ1) is 11.0. The first-order valence-electron chi connectivity index (χ1n) is 7.68. The lowest BCUT2D eigenvalue weighted by Gasteiger charge is -2.11. The summed E-state index contributed by atoms with van der Waals surface area (Å²) in [5.41, 5.74) is 3.83. The number of aromatic nitrogens is 3. The van der Waals surface area contributed by atoms with Gasteiger partial charge < -0.3 is 5.32 Å². The third kappa shape index (κ3) is 2.82. The van der Waals surface area contributed by atoms with Crippen LogP contribution in [0.2, 0.25) is 0 Å². The van der Waals surface area contributed by atoms with E-state index in [4.69, 9.17) is 0 Å². The van der Waals surface area contributed by atoms with Gasteiger partial charge >= 0.3 is 0 Å². The molecule has 5 nitrogen and oxygen atoms in total. The van der Waals surface area contributed by atoms with Gasteiger partial charge in [0, 0.05) is 18.4 Å². The molecule has 0 unspecified atom stereocenters. The Morgan fingerprint density at radius 1 is 1.22 bits per heavy atom. The van der Waals surface area contributed by atoms with Crippen LogP contribution in [-0.4, -0.2) is 20.7 Å².